The van der Waals surface area contributed by atoms with Crippen LogP contribution in [0.2, 0.25) is 0 Å². The van der Waals surface area contributed by atoms with E-state index < -0.39 is 0 Å². The molecule has 2 saturated carbocycles. The molecule has 3 aliphatic carbocycles. The lowest BCUT2D eigenvalue weighted by Crippen LogP contribution is -2.43. The first-order valence-corrected chi connectivity index (χ1v) is 8.23. The Labute approximate surface area is 125 Å². The average Bonchev–Trinajstić information content (AvgIpc) is 2.76. The van der Waals surface area contributed by atoms with E-state index >= 15 is 0 Å². The summed E-state index contributed by atoms with van der Waals surface area (Å²) < 4.78 is 0. The van der Waals surface area contributed by atoms with Crippen LogP contribution in [0.4, 0.5) is 0 Å². The van der Waals surface area contributed by atoms with Gasteiger partial charge in [0.1, 0.15) is 0 Å². The highest BCUT2D eigenvalue weighted by Gasteiger charge is 2.54. The van der Waals surface area contributed by atoms with Crippen LogP contribution in [-0.2, 0) is 6.42 Å². The van der Waals surface area contributed by atoms with Gasteiger partial charge in [-0.2, -0.15) is 0 Å². The van der Waals surface area contributed by atoms with E-state index in [2.05, 4.69) is 6.92 Å². The summed E-state index contributed by atoms with van der Waals surface area (Å²) in [6.07, 6.45) is 6.23. The normalized spacial score (nSPS) is 41.2. The van der Waals surface area contributed by atoms with E-state index in [9.17, 15) is 15.3 Å². The monoisotopic (exact) mass is 288 g/mol. The van der Waals surface area contributed by atoms with Crippen molar-refractivity contribution in [3.05, 3.63) is 23.3 Å². The average molecular weight is 288 g/mol. The number of benzene rings is 1. The fourth-order valence-electron chi connectivity index (χ4n) is 5.57. The molecule has 0 bridgehead atoms. The molecule has 0 heterocycles. The molecule has 3 nitrogen and oxygen atoms in total. The van der Waals surface area contributed by atoms with Crippen LogP contribution in [0, 0.1) is 17.3 Å². The number of aliphatic hydroxyl groups is 1. The van der Waals surface area contributed by atoms with Gasteiger partial charge in [0, 0.05) is 0 Å². The van der Waals surface area contributed by atoms with Gasteiger partial charge in [-0.25, -0.2) is 0 Å². The molecule has 4 rings (SSSR count). The Kier molecular flexibility index (Phi) is 2.81. The molecule has 1 aromatic carbocycles. The van der Waals surface area contributed by atoms with Gasteiger partial charge in [0.2, 0.25) is 0 Å². The zero-order valence-corrected chi connectivity index (χ0v) is 12.5. The standard InChI is InChI=1S/C18H24O3/c1-18-7-6-11-12(14(18)4-5-17(18)21)3-2-10-8-15(19)16(20)9-13(10)11/h8-9,11-12,14,17,19-21H,2-7H2,1H3/t11-,12+,14-,17-,18-/m1/s1. The Hall–Kier alpha value is -1.22. The molecule has 0 unspecified atom stereocenters. The van der Waals surface area contributed by atoms with E-state index in [1.807, 2.05) is 0 Å². The second-order valence-electron chi connectivity index (χ2n) is 7.59. The van der Waals surface area contributed by atoms with Gasteiger partial charge in [0.25, 0.3) is 0 Å². The Morgan fingerprint density at radius 1 is 1.05 bits per heavy atom. The second kappa shape index (κ2) is 4.39. The van der Waals surface area contributed by atoms with Gasteiger partial charge in [0.05, 0.1) is 6.10 Å². The van der Waals surface area contributed by atoms with Crippen LogP contribution < -0.4 is 0 Å². The first-order chi connectivity index (χ1) is 10.0. The highest BCUT2D eigenvalue weighted by atomic mass is 16.3. The highest BCUT2D eigenvalue weighted by molar-refractivity contribution is 5.48. The van der Waals surface area contributed by atoms with Gasteiger partial charge in [0.15, 0.2) is 11.5 Å². The van der Waals surface area contributed by atoms with Crippen LogP contribution in [0.25, 0.3) is 0 Å². The van der Waals surface area contributed by atoms with Crippen molar-refractivity contribution in [1.82, 2.24) is 0 Å². The molecule has 0 aromatic heterocycles. The SMILES string of the molecule is C[C@@]12CC[C@H]3c4cc(O)c(O)cc4CC[C@@H]3[C@H]1CC[C@H]2O. The van der Waals surface area contributed by atoms with Crippen molar-refractivity contribution in [2.45, 2.75) is 57.5 Å². The van der Waals surface area contributed by atoms with E-state index in [0.717, 1.165) is 38.5 Å². The van der Waals surface area contributed by atoms with Crippen molar-refractivity contribution in [2.75, 3.05) is 0 Å². The number of phenolic OH excluding ortho intramolecular Hbond substituents is 2. The molecule has 114 valence electrons. The van der Waals surface area contributed by atoms with Crippen molar-refractivity contribution in [3.63, 3.8) is 0 Å². The molecule has 3 N–H and O–H groups in total. The summed E-state index contributed by atoms with van der Waals surface area (Å²) in [5, 5.41) is 29.9. The zero-order chi connectivity index (χ0) is 14.8. The third-order valence-electron chi connectivity index (χ3n) is 6.77. The minimum absolute atomic E-state index is 0.00383. The first kappa shape index (κ1) is 13.4. The van der Waals surface area contributed by atoms with Gasteiger partial charge < -0.3 is 15.3 Å². The molecule has 5 atom stereocenters. The first-order valence-electron chi connectivity index (χ1n) is 8.23. The van der Waals surface area contributed by atoms with Crippen molar-refractivity contribution in [2.24, 2.45) is 17.3 Å². The Balaban J connectivity index is 1.73. The summed E-state index contributed by atoms with van der Waals surface area (Å²) in [5.74, 6) is 1.73. The maximum Gasteiger partial charge on any atom is 0.157 e. The number of hydrogen-bond acceptors (Lipinski definition) is 3. The molecule has 3 heteroatoms. The predicted octanol–water partition coefficient (Wildman–Crippen LogP) is 3.31. The second-order valence-corrected chi connectivity index (χ2v) is 7.59. The molecule has 0 radical (unpaired) electrons. The number of phenols is 2. The summed E-state index contributed by atoms with van der Waals surface area (Å²) in [6.45, 7) is 2.27. The van der Waals surface area contributed by atoms with Crippen LogP contribution in [-0.4, -0.2) is 21.4 Å². The third-order valence-corrected chi connectivity index (χ3v) is 6.77. The Bertz CT molecular complexity index is 582. The molecular formula is C18H24O3. The van der Waals surface area contributed by atoms with Crippen LogP contribution in [0.5, 0.6) is 11.5 Å². The molecule has 0 amide bonds. The molecule has 21 heavy (non-hydrogen) atoms. The number of fused-ring (bicyclic) bond motifs is 5. The summed E-state index contributed by atoms with van der Waals surface area (Å²) >= 11 is 0. The van der Waals surface area contributed by atoms with E-state index in [-0.39, 0.29) is 23.0 Å². The fraction of sp³-hybridized carbons (Fsp3) is 0.667. The lowest BCUT2D eigenvalue weighted by molar-refractivity contribution is -0.0226. The van der Waals surface area contributed by atoms with Crippen molar-refractivity contribution >= 4 is 0 Å². The van der Waals surface area contributed by atoms with Crippen LogP contribution in [0.1, 0.15) is 56.1 Å². The Morgan fingerprint density at radius 3 is 2.62 bits per heavy atom. The smallest absolute Gasteiger partial charge is 0.157 e. The van der Waals surface area contributed by atoms with E-state index in [1.165, 1.54) is 11.1 Å². The molecular weight excluding hydrogens is 264 g/mol. The quantitative estimate of drug-likeness (QED) is 0.642. The maximum atomic E-state index is 10.4. The summed E-state index contributed by atoms with van der Waals surface area (Å²) in [4.78, 5) is 0. The van der Waals surface area contributed by atoms with Gasteiger partial charge in [-0.1, -0.05) is 6.92 Å². The van der Waals surface area contributed by atoms with E-state index in [1.54, 1.807) is 12.1 Å². The van der Waals surface area contributed by atoms with E-state index in [4.69, 9.17) is 0 Å². The number of aryl methyl sites for hydroxylation is 1. The van der Waals surface area contributed by atoms with Crippen molar-refractivity contribution in [1.29, 1.82) is 0 Å². The van der Waals surface area contributed by atoms with Crippen molar-refractivity contribution < 1.29 is 15.3 Å². The van der Waals surface area contributed by atoms with Gasteiger partial charge in [-0.15, -0.1) is 0 Å². The van der Waals surface area contributed by atoms with Crippen LogP contribution in [0.15, 0.2) is 12.1 Å². The number of aliphatic hydroxyl groups excluding tert-OH is 1. The maximum absolute atomic E-state index is 10.4. The summed E-state index contributed by atoms with van der Waals surface area (Å²) in [5.41, 5.74) is 2.54. The lowest BCUT2D eigenvalue weighted by atomic mass is 9.55. The molecule has 2 fully saturated rings. The lowest BCUT2D eigenvalue weighted by Gasteiger charge is -2.50. The van der Waals surface area contributed by atoms with Crippen molar-refractivity contribution in [3.8, 4) is 11.5 Å². The minimum atomic E-state index is -0.141. The summed E-state index contributed by atoms with van der Waals surface area (Å²) in [7, 11) is 0. The van der Waals surface area contributed by atoms with Crippen LogP contribution >= 0.6 is 0 Å². The predicted molar refractivity (Wildman–Crippen MR) is 80.4 cm³/mol. The number of hydrogen-bond donors (Lipinski definition) is 3. The fourth-order valence-corrected chi connectivity index (χ4v) is 5.57. The van der Waals surface area contributed by atoms with Gasteiger partial charge in [-0.05, 0) is 85.0 Å². The molecule has 0 aliphatic heterocycles. The largest absolute Gasteiger partial charge is 0.504 e. The van der Waals surface area contributed by atoms with Crippen LogP contribution in [0.3, 0.4) is 0 Å². The van der Waals surface area contributed by atoms with E-state index in [0.29, 0.717) is 17.8 Å². The number of rotatable bonds is 0. The third kappa shape index (κ3) is 1.76. The van der Waals surface area contributed by atoms with Gasteiger partial charge >= 0.3 is 0 Å². The molecule has 0 spiro atoms. The van der Waals surface area contributed by atoms with Gasteiger partial charge in [-0.3, -0.25) is 0 Å². The zero-order valence-electron chi connectivity index (χ0n) is 12.5. The molecule has 3 aliphatic rings. The highest BCUT2D eigenvalue weighted by Crippen LogP contribution is 2.61. The minimum Gasteiger partial charge on any atom is -0.504 e. The molecule has 1 aromatic rings. The molecule has 0 saturated heterocycles. The summed E-state index contributed by atoms with van der Waals surface area (Å²) in [6, 6.07) is 3.54. The number of aromatic hydroxyl groups is 2. The Morgan fingerprint density at radius 2 is 1.81 bits per heavy atom. The topological polar surface area (TPSA) is 60.7 Å².